The van der Waals surface area contributed by atoms with Crippen molar-refractivity contribution in [3.8, 4) is 39.3 Å². The fraction of sp³-hybridized carbons (Fsp3) is 0.0233. The first-order valence-corrected chi connectivity index (χ1v) is 15.9. The highest BCUT2D eigenvalue weighted by atomic mass is 15.2. The number of anilines is 2. The summed E-state index contributed by atoms with van der Waals surface area (Å²) in [6, 6.07) is 55.8. The van der Waals surface area contributed by atoms with E-state index in [1.807, 2.05) is 18.2 Å². The summed E-state index contributed by atoms with van der Waals surface area (Å²) in [5, 5.41) is 2.42. The van der Waals surface area contributed by atoms with E-state index in [0.29, 0.717) is 6.54 Å². The van der Waals surface area contributed by atoms with Gasteiger partial charge >= 0.3 is 0 Å². The molecule has 0 fully saturated rings. The molecular weight excluding hydrogens is 573 g/mol. The number of hydrogen-bond acceptors (Lipinski definition) is 3. The summed E-state index contributed by atoms with van der Waals surface area (Å²) in [4.78, 5) is 12.1. The van der Waals surface area contributed by atoms with Crippen LogP contribution in [0.2, 0.25) is 0 Å². The molecule has 0 radical (unpaired) electrons. The minimum atomic E-state index is 0.711. The van der Waals surface area contributed by atoms with E-state index in [1.54, 1.807) is 0 Å². The SMILES string of the molecule is C=Nc1ccccc1N1Cc2cc3c(cc2-c2ccccc21)c1ccccc1n3-c1cc(-c2ccccc2)cc(-c2ccccc2)n1. The van der Waals surface area contributed by atoms with Crippen molar-refractivity contribution < 1.29 is 0 Å². The van der Waals surface area contributed by atoms with Crippen molar-refractivity contribution in [1.82, 2.24) is 9.55 Å². The van der Waals surface area contributed by atoms with Crippen LogP contribution < -0.4 is 4.90 Å². The van der Waals surface area contributed by atoms with Crippen molar-refractivity contribution in [1.29, 1.82) is 0 Å². The Kier molecular flexibility index (Phi) is 6.32. The van der Waals surface area contributed by atoms with Crippen LogP contribution >= 0.6 is 0 Å². The molecule has 1 aliphatic rings. The summed E-state index contributed by atoms with van der Waals surface area (Å²) in [6.45, 7) is 4.58. The van der Waals surface area contributed by atoms with Gasteiger partial charge in [-0.15, -0.1) is 0 Å². The van der Waals surface area contributed by atoms with Crippen molar-refractivity contribution >= 4 is 45.6 Å². The minimum absolute atomic E-state index is 0.711. The van der Waals surface area contributed by atoms with Gasteiger partial charge in [-0.1, -0.05) is 109 Å². The molecule has 0 saturated carbocycles. The number of fused-ring (bicyclic) bond motifs is 6. The van der Waals surface area contributed by atoms with Gasteiger partial charge in [0.1, 0.15) is 5.82 Å². The monoisotopic (exact) mass is 602 g/mol. The second-order valence-electron chi connectivity index (χ2n) is 12.0. The standard InChI is InChI=1S/C43H30N4/c1-44-37-20-10-13-23-41(37)46-28-32-25-42-36(27-35(32)33-18-8-11-21-39(33)46)34-19-9-12-22-40(34)47(42)43-26-31(29-14-4-2-5-15-29)24-38(45-43)30-16-6-3-7-17-30/h2-27H,1,28H2. The molecule has 9 rings (SSSR count). The Morgan fingerprint density at radius 2 is 1.21 bits per heavy atom. The Labute approximate surface area is 273 Å². The van der Waals surface area contributed by atoms with Crippen molar-refractivity contribution in [2.75, 3.05) is 4.90 Å². The Morgan fingerprint density at radius 3 is 2.02 bits per heavy atom. The van der Waals surface area contributed by atoms with Crippen LogP contribution in [0.25, 0.3) is 61.1 Å². The second-order valence-corrected chi connectivity index (χ2v) is 12.0. The predicted molar refractivity (Wildman–Crippen MR) is 196 cm³/mol. The molecule has 0 N–H and O–H groups in total. The summed E-state index contributed by atoms with van der Waals surface area (Å²) in [7, 11) is 0. The number of rotatable bonds is 5. The summed E-state index contributed by atoms with van der Waals surface area (Å²) in [6.07, 6.45) is 0. The zero-order valence-corrected chi connectivity index (χ0v) is 25.7. The average Bonchev–Trinajstić information content (AvgIpc) is 3.47. The van der Waals surface area contributed by atoms with Crippen molar-refractivity contribution in [3.63, 3.8) is 0 Å². The van der Waals surface area contributed by atoms with Gasteiger partial charge < -0.3 is 4.90 Å². The lowest BCUT2D eigenvalue weighted by molar-refractivity contribution is 0.961. The molecule has 0 aliphatic carbocycles. The number of para-hydroxylation sites is 4. The third-order valence-corrected chi connectivity index (χ3v) is 9.27. The highest BCUT2D eigenvalue weighted by Gasteiger charge is 2.26. The van der Waals surface area contributed by atoms with Crippen LogP contribution in [0.4, 0.5) is 17.1 Å². The van der Waals surface area contributed by atoms with Gasteiger partial charge in [-0.2, -0.15) is 0 Å². The first kappa shape index (κ1) is 27.1. The van der Waals surface area contributed by atoms with Crippen molar-refractivity contribution in [2.24, 2.45) is 4.99 Å². The summed E-state index contributed by atoms with van der Waals surface area (Å²) >= 11 is 0. The summed E-state index contributed by atoms with van der Waals surface area (Å²) in [5.41, 5.74) is 13.4. The molecule has 8 aromatic rings. The molecule has 2 aromatic heterocycles. The fourth-order valence-corrected chi connectivity index (χ4v) is 7.10. The van der Waals surface area contributed by atoms with Gasteiger partial charge in [0.25, 0.3) is 0 Å². The van der Waals surface area contributed by atoms with Crippen LogP contribution in [0.1, 0.15) is 5.56 Å². The smallest absolute Gasteiger partial charge is 0.138 e. The third kappa shape index (κ3) is 4.45. The van der Waals surface area contributed by atoms with Gasteiger partial charge in [-0.3, -0.25) is 9.56 Å². The lowest BCUT2D eigenvalue weighted by atomic mass is 9.91. The normalized spacial score (nSPS) is 12.2. The first-order chi connectivity index (χ1) is 23.3. The molecule has 222 valence electrons. The molecule has 1 aliphatic heterocycles. The van der Waals surface area contributed by atoms with Crippen LogP contribution in [0.5, 0.6) is 0 Å². The predicted octanol–water partition coefficient (Wildman–Crippen LogP) is 11.2. The lowest BCUT2D eigenvalue weighted by Crippen LogP contribution is -2.21. The highest BCUT2D eigenvalue weighted by Crippen LogP contribution is 2.47. The largest absolute Gasteiger partial charge is 0.335 e. The molecule has 0 spiro atoms. The van der Waals surface area contributed by atoms with E-state index < -0.39 is 0 Å². The van der Waals surface area contributed by atoms with Crippen LogP contribution in [-0.2, 0) is 6.54 Å². The number of pyridine rings is 1. The molecule has 47 heavy (non-hydrogen) atoms. The van der Waals surface area contributed by atoms with E-state index in [9.17, 15) is 0 Å². The Bertz CT molecular complexity index is 2400. The Hall–Kier alpha value is -6.26. The van der Waals surface area contributed by atoms with E-state index >= 15 is 0 Å². The molecule has 0 unspecified atom stereocenters. The quantitative estimate of drug-likeness (QED) is 0.184. The fourth-order valence-electron chi connectivity index (χ4n) is 7.10. The summed E-state index contributed by atoms with van der Waals surface area (Å²) in [5.74, 6) is 0.894. The molecule has 6 aromatic carbocycles. The average molecular weight is 603 g/mol. The lowest BCUT2D eigenvalue weighted by Gasteiger charge is -2.33. The summed E-state index contributed by atoms with van der Waals surface area (Å²) < 4.78 is 2.34. The van der Waals surface area contributed by atoms with Crippen LogP contribution in [0.3, 0.4) is 0 Å². The highest BCUT2D eigenvalue weighted by molar-refractivity contribution is 6.11. The molecule has 0 saturated heterocycles. The van der Waals surface area contributed by atoms with E-state index in [2.05, 4.69) is 161 Å². The van der Waals surface area contributed by atoms with E-state index in [0.717, 1.165) is 50.6 Å². The zero-order chi connectivity index (χ0) is 31.3. The number of aliphatic imine (C=N–C) groups is 1. The van der Waals surface area contributed by atoms with Gasteiger partial charge in [-0.25, -0.2) is 4.98 Å². The molecule has 0 amide bonds. The first-order valence-electron chi connectivity index (χ1n) is 15.9. The number of hydrogen-bond donors (Lipinski definition) is 0. The van der Waals surface area contributed by atoms with Gasteiger partial charge in [-0.05, 0) is 77.5 Å². The van der Waals surface area contributed by atoms with Crippen LogP contribution in [-0.4, -0.2) is 16.3 Å². The van der Waals surface area contributed by atoms with Gasteiger partial charge in [0, 0.05) is 34.1 Å². The Morgan fingerprint density at radius 1 is 0.532 bits per heavy atom. The van der Waals surface area contributed by atoms with Gasteiger partial charge in [0.2, 0.25) is 0 Å². The molecule has 3 heterocycles. The number of nitrogens with zero attached hydrogens (tertiary/aromatic N) is 4. The second kappa shape index (κ2) is 11.0. The maximum atomic E-state index is 5.34. The van der Waals surface area contributed by atoms with Crippen molar-refractivity contribution in [2.45, 2.75) is 6.54 Å². The molecule has 0 atom stereocenters. The molecule has 0 bridgehead atoms. The molecule has 4 heteroatoms. The maximum absolute atomic E-state index is 5.34. The zero-order valence-electron chi connectivity index (χ0n) is 25.7. The molecular formula is C43H30N4. The number of benzene rings is 6. The van der Waals surface area contributed by atoms with Crippen LogP contribution in [0, 0.1) is 0 Å². The van der Waals surface area contributed by atoms with E-state index in [4.69, 9.17) is 4.98 Å². The van der Waals surface area contributed by atoms with Crippen LogP contribution in [0.15, 0.2) is 163 Å². The van der Waals surface area contributed by atoms with Gasteiger partial charge in [0.05, 0.1) is 28.1 Å². The molecule has 4 nitrogen and oxygen atoms in total. The van der Waals surface area contributed by atoms with E-state index in [1.165, 1.54) is 33.2 Å². The third-order valence-electron chi connectivity index (χ3n) is 9.27. The maximum Gasteiger partial charge on any atom is 0.138 e. The van der Waals surface area contributed by atoms with E-state index in [-0.39, 0.29) is 0 Å². The Balaban J connectivity index is 1.32. The topological polar surface area (TPSA) is 33.4 Å². The number of aromatic nitrogens is 2. The minimum Gasteiger partial charge on any atom is -0.335 e. The van der Waals surface area contributed by atoms with Gasteiger partial charge in [0.15, 0.2) is 0 Å². The van der Waals surface area contributed by atoms with Crippen molar-refractivity contribution in [3.05, 3.63) is 163 Å².